The molecular weight excluding hydrogens is 710 g/mol. The zero-order chi connectivity index (χ0) is 37.7. The minimum absolute atomic E-state index is 0.0277. The molecule has 1 unspecified atom stereocenters. The third kappa shape index (κ3) is 11.1. The van der Waals surface area contributed by atoms with Gasteiger partial charge in [-0.2, -0.15) is 79.0 Å². The lowest BCUT2D eigenvalue weighted by atomic mass is 10.0. The molecule has 6 nitrogen and oxygen atoms in total. The summed E-state index contributed by atoms with van der Waals surface area (Å²) >= 11 is 0. The van der Waals surface area contributed by atoms with E-state index in [9.17, 15) is 88.6 Å². The van der Waals surface area contributed by atoms with Crippen LogP contribution in [0.1, 0.15) is 25.7 Å². The lowest BCUT2D eigenvalue weighted by molar-refractivity contribution is -0.870. The van der Waals surface area contributed by atoms with Gasteiger partial charge in [-0.1, -0.05) is 0 Å². The number of rotatable bonds is 19. The average Bonchev–Trinajstić information content (AvgIpc) is 2.84. The number of hydrogen-bond donors (Lipinski definition) is 1. The standard InChI is InChI=1S/C23H29F18N2O4/c1-43(2,3)8-4-7-42-12-13(15(45)47-10-6-17(26,27)19(30,31)21(34,35)23(39,40)41)11-14(44)46-9-5-16(24,25)18(28,29)20(32,33)22(36,37)38/h13,42H,4-12H2,1-3H3/q+1. The van der Waals surface area contributed by atoms with E-state index in [-0.39, 0.29) is 6.54 Å². The van der Waals surface area contributed by atoms with Crippen LogP contribution in [0.25, 0.3) is 0 Å². The van der Waals surface area contributed by atoms with Crippen molar-refractivity contribution in [1.29, 1.82) is 0 Å². The zero-order valence-electron chi connectivity index (χ0n) is 24.3. The van der Waals surface area contributed by atoms with Crippen molar-refractivity contribution in [1.82, 2.24) is 5.32 Å². The summed E-state index contributed by atoms with van der Waals surface area (Å²) in [6, 6.07) is 0. The molecule has 0 bridgehead atoms. The van der Waals surface area contributed by atoms with Gasteiger partial charge >= 0.3 is 59.8 Å². The molecule has 0 aromatic carbocycles. The van der Waals surface area contributed by atoms with E-state index in [1.807, 2.05) is 0 Å². The number of nitrogens with one attached hydrogen (secondary N) is 1. The summed E-state index contributed by atoms with van der Waals surface area (Å²) < 4.78 is 242. The third-order valence-corrected chi connectivity index (χ3v) is 6.08. The SMILES string of the molecule is C[N+](C)(C)CCCNCC(CC(=O)OCCC(F)(F)C(F)(F)C(F)(F)C(F)(F)F)C(=O)OCCC(F)(F)C(F)(F)C(F)(F)C(F)(F)F. The lowest BCUT2D eigenvalue weighted by Gasteiger charge is -2.33. The first-order valence-electron chi connectivity index (χ1n) is 12.8. The summed E-state index contributed by atoms with van der Waals surface area (Å²) in [5.41, 5.74) is 0. The van der Waals surface area contributed by atoms with Crippen LogP contribution in [0.2, 0.25) is 0 Å². The Hall–Kier alpha value is -2.40. The Bertz CT molecular complexity index is 1040. The highest BCUT2D eigenvalue weighted by Gasteiger charge is 2.82. The fourth-order valence-electron chi connectivity index (χ4n) is 3.27. The number of halogens is 18. The fourth-order valence-corrected chi connectivity index (χ4v) is 3.27. The highest BCUT2D eigenvalue weighted by Crippen LogP contribution is 2.55. The molecule has 0 aliphatic rings. The zero-order valence-corrected chi connectivity index (χ0v) is 24.3. The van der Waals surface area contributed by atoms with E-state index in [1.165, 1.54) is 0 Å². The van der Waals surface area contributed by atoms with Gasteiger partial charge in [0.05, 0.1) is 66.1 Å². The second-order valence-electron chi connectivity index (χ2n) is 11.1. The molecule has 280 valence electrons. The topological polar surface area (TPSA) is 64.6 Å². The van der Waals surface area contributed by atoms with E-state index in [0.717, 1.165) is 0 Å². The van der Waals surface area contributed by atoms with Gasteiger partial charge in [-0.25, -0.2) is 0 Å². The summed E-state index contributed by atoms with van der Waals surface area (Å²) in [6.45, 7) is -4.09. The summed E-state index contributed by atoms with van der Waals surface area (Å²) in [4.78, 5) is 24.3. The van der Waals surface area contributed by atoms with Gasteiger partial charge in [0, 0.05) is 19.5 Å². The van der Waals surface area contributed by atoms with Crippen molar-refractivity contribution in [3.05, 3.63) is 0 Å². The molecule has 0 fully saturated rings. The molecule has 0 aromatic rings. The molecule has 0 amide bonds. The molecule has 0 rings (SSSR count). The van der Waals surface area contributed by atoms with Crippen molar-refractivity contribution in [2.75, 3.05) is 54.0 Å². The Morgan fingerprint density at radius 2 is 1.00 bits per heavy atom. The Morgan fingerprint density at radius 1 is 0.617 bits per heavy atom. The van der Waals surface area contributed by atoms with Gasteiger partial charge in [-0.05, 0) is 0 Å². The fraction of sp³-hybridized carbons (Fsp3) is 0.913. The molecule has 0 aromatic heterocycles. The van der Waals surface area contributed by atoms with E-state index < -0.39 is 105 Å². The molecule has 0 heterocycles. The Labute approximate surface area is 254 Å². The number of ether oxygens (including phenoxy) is 2. The largest absolute Gasteiger partial charge is 0.465 e. The van der Waals surface area contributed by atoms with Gasteiger partial charge in [0.1, 0.15) is 0 Å². The lowest BCUT2D eigenvalue weighted by Crippen LogP contribution is -2.61. The van der Waals surface area contributed by atoms with E-state index in [2.05, 4.69) is 14.8 Å². The Balaban J connectivity index is 5.58. The predicted octanol–water partition coefficient (Wildman–Crippen LogP) is 6.48. The minimum atomic E-state index is -7.24. The highest BCUT2D eigenvalue weighted by molar-refractivity contribution is 5.80. The molecule has 0 aliphatic heterocycles. The summed E-state index contributed by atoms with van der Waals surface area (Å²) in [6.07, 6.45) is -20.5. The summed E-state index contributed by atoms with van der Waals surface area (Å²) in [5, 5.41) is 2.52. The smallest absolute Gasteiger partial charge is 0.460 e. The van der Waals surface area contributed by atoms with E-state index in [0.29, 0.717) is 17.4 Å². The second-order valence-corrected chi connectivity index (χ2v) is 11.1. The summed E-state index contributed by atoms with van der Waals surface area (Å²) in [5.74, 6) is -46.4. The summed E-state index contributed by atoms with van der Waals surface area (Å²) in [7, 11) is 5.26. The van der Waals surface area contributed by atoms with Crippen LogP contribution in [0.15, 0.2) is 0 Å². The van der Waals surface area contributed by atoms with Crippen molar-refractivity contribution in [2.24, 2.45) is 5.92 Å². The van der Waals surface area contributed by atoms with Crippen molar-refractivity contribution in [3.8, 4) is 0 Å². The van der Waals surface area contributed by atoms with Gasteiger partial charge in [0.25, 0.3) is 0 Å². The molecule has 0 saturated carbocycles. The Morgan fingerprint density at radius 3 is 1.36 bits per heavy atom. The van der Waals surface area contributed by atoms with Crippen molar-refractivity contribution in [2.45, 2.75) is 73.6 Å². The van der Waals surface area contributed by atoms with Crippen molar-refractivity contribution >= 4 is 11.9 Å². The Kier molecular flexibility index (Phi) is 14.2. The van der Waals surface area contributed by atoms with Gasteiger partial charge in [0.2, 0.25) is 0 Å². The molecule has 0 saturated heterocycles. The second kappa shape index (κ2) is 15.0. The van der Waals surface area contributed by atoms with Crippen LogP contribution in [0, 0.1) is 5.92 Å². The molecule has 1 atom stereocenters. The number of nitrogens with zero attached hydrogens (tertiary/aromatic N) is 1. The predicted molar refractivity (Wildman–Crippen MR) is 121 cm³/mol. The highest BCUT2D eigenvalue weighted by atomic mass is 19.4. The maximum Gasteiger partial charge on any atom is 0.460 e. The molecule has 0 aliphatic carbocycles. The molecule has 0 radical (unpaired) electrons. The molecule has 0 spiro atoms. The first-order chi connectivity index (χ1) is 20.6. The average molecular weight is 739 g/mol. The third-order valence-electron chi connectivity index (χ3n) is 6.08. The number of esters is 2. The molecular formula is C23H29F18N2O4+. The van der Waals surface area contributed by atoms with Gasteiger partial charge < -0.3 is 19.3 Å². The van der Waals surface area contributed by atoms with Crippen LogP contribution in [0.5, 0.6) is 0 Å². The first kappa shape index (κ1) is 44.6. The van der Waals surface area contributed by atoms with E-state index >= 15 is 0 Å². The van der Waals surface area contributed by atoms with Gasteiger partial charge in [-0.3, -0.25) is 9.59 Å². The monoisotopic (exact) mass is 739 g/mol. The maximum absolute atomic E-state index is 13.7. The van der Waals surface area contributed by atoms with Gasteiger partial charge in [-0.15, -0.1) is 0 Å². The number of alkyl halides is 18. The maximum atomic E-state index is 13.7. The van der Waals surface area contributed by atoms with Gasteiger partial charge in [0.15, 0.2) is 0 Å². The van der Waals surface area contributed by atoms with Crippen LogP contribution in [-0.4, -0.2) is 118 Å². The minimum Gasteiger partial charge on any atom is -0.465 e. The van der Waals surface area contributed by atoms with Crippen LogP contribution in [0.4, 0.5) is 79.0 Å². The molecule has 47 heavy (non-hydrogen) atoms. The van der Waals surface area contributed by atoms with Crippen LogP contribution >= 0.6 is 0 Å². The molecule has 1 N–H and O–H groups in total. The van der Waals surface area contributed by atoms with E-state index in [4.69, 9.17) is 0 Å². The van der Waals surface area contributed by atoms with Crippen molar-refractivity contribution in [3.63, 3.8) is 0 Å². The normalized spacial score (nSPS) is 15.4. The number of quaternary nitrogens is 1. The number of carbonyl (C=O) groups is 2. The number of carbonyl (C=O) groups excluding carboxylic acids is 2. The van der Waals surface area contributed by atoms with Crippen LogP contribution in [-0.2, 0) is 19.1 Å². The van der Waals surface area contributed by atoms with Crippen molar-refractivity contribution < 1.29 is 103 Å². The van der Waals surface area contributed by atoms with Crippen LogP contribution < -0.4 is 5.32 Å². The molecule has 24 heteroatoms. The van der Waals surface area contributed by atoms with E-state index in [1.54, 1.807) is 21.1 Å². The van der Waals surface area contributed by atoms with Crippen LogP contribution in [0.3, 0.4) is 0 Å². The number of hydrogen-bond acceptors (Lipinski definition) is 5. The quantitative estimate of drug-likeness (QED) is 0.0712. The first-order valence-corrected chi connectivity index (χ1v) is 12.8.